The average molecular weight is 249 g/mol. The number of thiophene rings is 1. The minimum Gasteiger partial charge on any atom is -0.326 e. The van der Waals surface area contributed by atoms with Gasteiger partial charge in [0.25, 0.3) is 0 Å². The van der Waals surface area contributed by atoms with E-state index in [1.165, 1.54) is 11.3 Å². The quantitative estimate of drug-likeness (QED) is 0.882. The monoisotopic (exact) mass is 249 g/mol. The minimum absolute atomic E-state index is 0.354. The lowest BCUT2D eigenvalue weighted by molar-refractivity contribution is 0.540. The van der Waals surface area contributed by atoms with Crippen LogP contribution in [0.2, 0.25) is 0 Å². The molecule has 0 aliphatic rings. The molecule has 0 aliphatic heterocycles. The molecule has 1 atom stereocenters. The maximum Gasteiger partial charge on any atom is 0.0954 e. The Bertz CT molecular complexity index is 445. The van der Waals surface area contributed by atoms with Crippen LogP contribution in [0.5, 0.6) is 0 Å². The van der Waals surface area contributed by atoms with E-state index in [4.69, 9.17) is 0 Å². The SMILES string of the molecule is CC(C)NCc1cncn1C(C)c1ccsc1. The first-order valence-corrected chi connectivity index (χ1v) is 6.89. The Labute approximate surface area is 107 Å². The summed E-state index contributed by atoms with van der Waals surface area (Å²) in [5.41, 5.74) is 2.58. The zero-order chi connectivity index (χ0) is 12.3. The summed E-state index contributed by atoms with van der Waals surface area (Å²) in [5.74, 6) is 0. The molecule has 0 spiro atoms. The van der Waals surface area contributed by atoms with Gasteiger partial charge in [0.2, 0.25) is 0 Å². The van der Waals surface area contributed by atoms with E-state index in [-0.39, 0.29) is 0 Å². The fourth-order valence-corrected chi connectivity index (χ4v) is 2.55. The Morgan fingerprint density at radius 1 is 1.41 bits per heavy atom. The molecule has 0 amide bonds. The third kappa shape index (κ3) is 2.96. The summed E-state index contributed by atoms with van der Waals surface area (Å²) in [6, 6.07) is 3.03. The first kappa shape index (κ1) is 12.3. The summed E-state index contributed by atoms with van der Waals surface area (Å²) in [6.07, 6.45) is 3.86. The van der Waals surface area contributed by atoms with Gasteiger partial charge in [-0.05, 0) is 29.3 Å². The fraction of sp³-hybridized carbons (Fsp3) is 0.462. The molecule has 2 rings (SSSR count). The molecule has 0 radical (unpaired) electrons. The lowest BCUT2D eigenvalue weighted by Gasteiger charge is -2.16. The standard InChI is InChI=1S/C13H19N3S/c1-10(2)15-7-13-6-14-9-16(13)11(3)12-4-5-17-8-12/h4-6,8-11,15H,7H2,1-3H3. The van der Waals surface area contributed by atoms with Crippen LogP contribution in [-0.4, -0.2) is 15.6 Å². The Balaban J connectivity index is 2.13. The van der Waals surface area contributed by atoms with Crippen molar-refractivity contribution in [2.75, 3.05) is 0 Å². The molecule has 1 N–H and O–H groups in total. The van der Waals surface area contributed by atoms with Gasteiger partial charge < -0.3 is 9.88 Å². The second kappa shape index (κ2) is 5.47. The molecule has 92 valence electrons. The van der Waals surface area contributed by atoms with Crippen LogP contribution in [0, 0.1) is 0 Å². The summed E-state index contributed by atoms with van der Waals surface area (Å²) in [4.78, 5) is 4.26. The maximum atomic E-state index is 4.26. The molecule has 2 aromatic heterocycles. The zero-order valence-corrected chi connectivity index (χ0v) is 11.4. The zero-order valence-electron chi connectivity index (χ0n) is 10.6. The summed E-state index contributed by atoms with van der Waals surface area (Å²) in [5, 5.41) is 7.75. The van der Waals surface area contributed by atoms with Gasteiger partial charge in [-0.3, -0.25) is 0 Å². The molecule has 0 fully saturated rings. The van der Waals surface area contributed by atoms with Crippen LogP contribution in [0.15, 0.2) is 29.4 Å². The van der Waals surface area contributed by atoms with Crippen LogP contribution >= 0.6 is 11.3 Å². The van der Waals surface area contributed by atoms with Crippen molar-refractivity contribution >= 4 is 11.3 Å². The number of imidazole rings is 1. The molecule has 3 nitrogen and oxygen atoms in total. The van der Waals surface area contributed by atoms with Gasteiger partial charge in [0.1, 0.15) is 0 Å². The average Bonchev–Trinajstić information content (AvgIpc) is 2.96. The highest BCUT2D eigenvalue weighted by Gasteiger charge is 2.11. The topological polar surface area (TPSA) is 29.9 Å². The number of hydrogen-bond donors (Lipinski definition) is 1. The fourth-order valence-electron chi connectivity index (χ4n) is 1.80. The van der Waals surface area contributed by atoms with Crippen LogP contribution < -0.4 is 5.32 Å². The van der Waals surface area contributed by atoms with Gasteiger partial charge in [-0.25, -0.2) is 4.98 Å². The van der Waals surface area contributed by atoms with Gasteiger partial charge in [-0.2, -0.15) is 11.3 Å². The number of hydrogen-bond acceptors (Lipinski definition) is 3. The molecule has 0 aliphatic carbocycles. The summed E-state index contributed by atoms with van der Waals surface area (Å²) >= 11 is 1.74. The van der Waals surface area contributed by atoms with Gasteiger partial charge in [0, 0.05) is 18.8 Å². The Hall–Kier alpha value is -1.13. The Kier molecular flexibility index (Phi) is 3.97. The normalized spacial score (nSPS) is 13.2. The smallest absolute Gasteiger partial charge is 0.0954 e. The van der Waals surface area contributed by atoms with E-state index in [1.54, 1.807) is 11.3 Å². The third-order valence-corrected chi connectivity index (χ3v) is 3.58. The van der Waals surface area contributed by atoms with Gasteiger partial charge in [0.15, 0.2) is 0 Å². The molecule has 1 unspecified atom stereocenters. The van der Waals surface area contributed by atoms with Crippen LogP contribution in [0.4, 0.5) is 0 Å². The van der Waals surface area contributed by atoms with Crippen molar-refractivity contribution < 1.29 is 0 Å². The highest BCUT2D eigenvalue weighted by molar-refractivity contribution is 7.07. The molecule has 2 aromatic rings. The maximum absolute atomic E-state index is 4.26. The van der Waals surface area contributed by atoms with Crippen molar-refractivity contribution in [3.63, 3.8) is 0 Å². The van der Waals surface area contributed by atoms with E-state index in [1.807, 2.05) is 12.5 Å². The van der Waals surface area contributed by atoms with Crippen LogP contribution in [0.1, 0.15) is 38.1 Å². The van der Waals surface area contributed by atoms with E-state index in [0.717, 1.165) is 6.54 Å². The second-order valence-electron chi connectivity index (χ2n) is 4.56. The van der Waals surface area contributed by atoms with Crippen LogP contribution in [-0.2, 0) is 6.54 Å². The van der Waals surface area contributed by atoms with Gasteiger partial charge in [0.05, 0.1) is 18.1 Å². The van der Waals surface area contributed by atoms with Crippen molar-refractivity contribution in [1.82, 2.24) is 14.9 Å². The lowest BCUT2D eigenvalue weighted by atomic mass is 10.2. The van der Waals surface area contributed by atoms with Crippen molar-refractivity contribution in [2.45, 2.75) is 39.4 Å². The lowest BCUT2D eigenvalue weighted by Crippen LogP contribution is -2.24. The molecule has 0 saturated heterocycles. The van der Waals surface area contributed by atoms with Gasteiger partial charge >= 0.3 is 0 Å². The van der Waals surface area contributed by atoms with Crippen LogP contribution in [0.3, 0.4) is 0 Å². The molecule has 0 bridgehead atoms. The van der Waals surface area contributed by atoms with E-state index in [0.29, 0.717) is 12.1 Å². The first-order valence-electron chi connectivity index (χ1n) is 5.94. The summed E-state index contributed by atoms with van der Waals surface area (Å²) in [7, 11) is 0. The van der Waals surface area contributed by atoms with Crippen molar-refractivity contribution in [3.8, 4) is 0 Å². The molecule has 0 aromatic carbocycles. The molecular weight excluding hydrogens is 230 g/mol. The molecule has 17 heavy (non-hydrogen) atoms. The predicted molar refractivity (Wildman–Crippen MR) is 72.3 cm³/mol. The van der Waals surface area contributed by atoms with E-state index >= 15 is 0 Å². The van der Waals surface area contributed by atoms with E-state index in [2.05, 4.69) is 52.5 Å². The van der Waals surface area contributed by atoms with E-state index in [9.17, 15) is 0 Å². The van der Waals surface area contributed by atoms with E-state index < -0.39 is 0 Å². The van der Waals surface area contributed by atoms with Crippen LogP contribution in [0.25, 0.3) is 0 Å². The predicted octanol–water partition coefficient (Wildman–Crippen LogP) is 3.05. The summed E-state index contributed by atoms with van der Waals surface area (Å²) < 4.78 is 2.23. The second-order valence-corrected chi connectivity index (χ2v) is 5.34. The molecule has 2 heterocycles. The first-order chi connectivity index (χ1) is 8.18. The molecular formula is C13H19N3S. The Morgan fingerprint density at radius 3 is 2.88 bits per heavy atom. The molecule has 0 saturated carbocycles. The largest absolute Gasteiger partial charge is 0.326 e. The number of nitrogens with one attached hydrogen (secondary N) is 1. The van der Waals surface area contributed by atoms with Gasteiger partial charge in [-0.1, -0.05) is 13.8 Å². The highest BCUT2D eigenvalue weighted by Crippen LogP contribution is 2.21. The third-order valence-electron chi connectivity index (χ3n) is 2.88. The molecule has 4 heteroatoms. The number of rotatable bonds is 5. The number of nitrogens with zero attached hydrogens (tertiary/aromatic N) is 2. The Morgan fingerprint density at radius 2 is 2.24 bits per heavy atom. The van der Waals surface area contributed by atoms with Crippen molar-refractivity contribution in [2.24, 2.45) is 0 Å². The van der Waals surface area contributed by atoms with Crippen molar-refractivity contribution in [3.05, 3.63) is 40.6 Å². The highest BCUT2D eigenvalue weighted by atomic mass is 32.1. The number of aromatic nitrogens is 2. The summed E-state index contributed by atoms with van der Waals surface area (Å²) in [6.45, 7) is 7.39. The van der Waals surface area contributed by atoms with Crippen molar-refractivity contribution in [1.29, 1.82) is 0 Å². The van der Waals surface area contributed by atoms with Gasteiger partial charge in [-0.15, -0.1) is 0 Å². The minimum atomic E-state index is 0.354.